The number of carboxylic acid groups (broad SMARTS) is 1. The fraction of sp³-hybridized carbons (Fsp3) is 0.778. The van der Waals surface area contributed by atoms with Gasteiger partial charge in [0, 0.05) is 25.3 Å². The highest BCUT2D eigenvalue weighted by molar-refractivity contribution is 7.91. The van der Waals surface area contributed by atoms with Crippen LogP contribution in [0.3, 0.4) is 0 Å². The van der Waals surface area contributed by atoms with Crippen LogP contribution in [0.2, 0.25) is 0 Å². The molecule has 0 unspecified atom stereocenters. The Morgan fingerprint density at radius 2 is 1.94 bits per heavy atom. The molecule has 0 radical (unpaired) electrons. The molecule has 0 aromatic rings. The molecule has 1 atom stereocenters. The fourth-order valence-corrected chi connectivity index (χ4v) is 1.76. The molecule has 0 fully saturated rings. The van der Waals surface area contributed by atoms with Crippen molar-refractivity contribution in [3.63, 3.8) is 0 Å². The lowest BCUT2D eigenvalue weighted by atomic mass is 10.2. The average Bonchev–Trinajstić information content (AvgIpc) is 2.28. The van der Waals surface area contributed by atoms with Crippen molar-refractivity contribution < 1.29 is 28.2 Å². The van der Waals surface area contributed by atoms with Gasteiger partial charge < -0.3 is 20.8 Å². The molecule has 2 amide bonds. The largest absolute Gasteiger partial charge is 0.480 e. The minimum Gasteiger partial charge on any atom is -0.480 e. The van der Waals surface area contributed by atoms with Gasteiger partial charge in [-0.05, 0) is 0 Å². The monoisotopic (exact) mass is 282 g/mol. The number of aliphatic hydroxyl groups excluding tert-OH is 1. The van der Waals surface area contributed by atoms with Crippen LogP contribution in [-0.2, 0) is 14.6 Å². The van der Waals surface area contributed by atoms with Crippen molar-refractivity contribution >= 4 is 21.8 Å². The van der Waals surface area contributed by atoms with Crippen LogP contribution in [0.4, 0.5) is 4.79 Å². The van der Waals surface area contributed by atoms with E-state index in [1.807, 2.05) is 0 Å². The zero-order valence-corrected chi connectivity index (χ0v) is 10.9. The van der Waals surface area contributed by atoms with Gasteiger partial charge in [0.2, 0.25) is 0 Å². The Kier molecular flexibility index (Phi) is 7.29. The number of carboxylic acids is 1. The molecule has 0 spiro atoms. The number of hydrogen-bond donors (Lipinski definition) is 4. The van der Waals surface area contributed by atoms with E-state index in [9.17, 15) is 18.0 Å². The first kappa shape index (κ1) is 16.6. The Morgan fingerprint density at radius 1 is 1.33 bits per heavy atom. The molecule has 18 heavy (non-hydrogen) atoms. The third-order valence-corrected chi connectivity index (χ3v) is 3.87. The van der Waals surface area contributed by atoms with Crippen molar-refractivity contribution in [2.45, 2.75) is 19.4 Å². The van der Waals surface area contributed by atoms with Crippen molar-refractivity contribution in [2.75, 3.05) is 24.7 Å². The van der Waals surface area contributed by atoms with E-state index in [4.69, 9.17) is 10.2 Å². The maximum atomic E-state index is 11.2. The Bertz CT molecular complexity index is 381. The molecule has 0 rings (SSSR count). The summed E-state index contributed by atoms with van der Waals surface area (Å²) < 4.78 is 22.2. The van der Waals surface area contributed by atoms with Crippen molar-refractivity contribution in [1.29, 1.82) is 0 Å². The highest BCUT2D eigenvalue weighted by Gasteiger charge is 2.19. The highest BCUT2D eigenvalue weighted by Crippen LogP contribution is 1.91. The average molecular weight is 282 g/mol. The maximum absolute atomic E-state index is 11.2. The summed E-state index contributed by atoms with van der Waals surface area (Å²) in [4.78, 5) is 21.9. The van der Waals surface area contributed by atoms with Crippen LogP contribution in [0.15, 0.2) is 0 Å². The first-order chi connectivity index (χ1) is 8.32. The molecule has 0 heterocycles. The zero-order chi connectivity index (χ0) is 14.2. The number of aliphatic hydroxyl groups is 1. The molecular formula is C9H18N2O6S. The van der Waals surface area contributed by atoms with Crippen molar-refractivity contribution in [3.8, 4) is 0 Å². The number of sulfone groups is 1. The minimum atomic E-state index is -3.17. The molecule has 0 aliphatic rings. The zero-order valence-electron chi connectivity index (χ0n) is 10.0. The number of carbonyl (C=O) groups is 2. The van der Waals surface area contributed by atoms with E-state index < -0.39 is 27.9 Å². The number of urea groups is 1. The van der Waals surface area contributed by atoms with Crippen LogP contribution in [0.1, 0.15) is 13.3 Å². The van der Waals surface area contributed by atoms with E-state index >= 15 is 0 Å². The second kappa shape index (κ2) is 7.88. The molecule has 8 nitrogen and oxygen atoms in total. The molecule has 9 heteroatoms. The van der Waals surface area contributed by atoms with E-state index in [0.717, 1.165) is 0 Å². The van der Waals surface area contributed by atoms with Crippen LogP contribution in [0.25, 0.3) is 0 Å². The van der Waals surface area contributed by atoms with Crippen LogP contribution in [0, 0.1) is 0 Å². The van der Waals surface area contributed by atoms with Gasteiger partial charge in [0.05, 0.1) is 5.75 Å². The van der Waals surface area contributed by atoms with Gasteiger partial charge >= 0.3 is 12.0 Å². The normalized spacial score (nSPS) is 12.8. The topological polar surface area (TPSA) is 133 Å². The Morgan fingerprint density at radius 3 is 2.39 bits per heavy atom. The predicted molar refractivity (Wildman–Crippen MR) is 64.0 cm³/mol. The summed E-state index contributed by atoms with van der Waals surface area (Å²) in [5.74, 6) is -1.48. The minimum absolute atomic E-state index is 0.0153. The summed E-state index contributed by atoms with van der Waals surface area (Å²) in [6.07, 6.45) is -0.115. The molecule has 0 aromatic heterocycles. The summed E-state index contributed by atoms with van der Waals surface area (Å²) in [7, 11) is -3.17. The smallest absolute Gasteiger partial charge is 0.326 e. The third kappa shape index (κ3) is 7.07. The summed E-state index contributed by atoms with van der Waals surface area (Å²) in [6.45, 7) is 1.03. The molecule has 0 saturated carbocycles. The number of hydrogen-bond acceptors (Lipinski definition) is 5. The van der Waals surface area contributed by atoms with Crippen LogP contribution >= 0.6 is 0 Å². The summed E-state index contributed by atoms with van der Waals surface area (Å²) in [5, 5.41) is 21.7. The van der Waals surface area contributed by atoms with Gasteiger partial charge in [0.25, 0.3) is 0 Å². The van der Waals surface area contributed by atoms with Gasteiger partial charge in [-0.1, -0.05) is 6.92 Å². The van der Waals surface area contributed by atoms with Gasteiger partial charge in [0.1, 0.15) is 6.04 Å². The number of amides is 2. The summed E-state index contributed by atoms with van der Waals surface area (Å²) in [6, 6.07) is -1.97. The Labute approximate surface area is 105 Å². The Balaban J connectivity index is 4.07. The van der Waals surface area contributed by atoms with E-state index in [0.29, 0.717) is 0 Å². The SMILES string of the molecule is CCS(=O)(=O)CCNC(=O)N[C@@H](CCO)C(=O)O. The van der Waals surface area contributed by atoms with Gasteiger partial charge in [-0.15, -0.1) is 0 Å². The molecule has 0 aromatic carbocycles. The number of nitrogens with one attached hydrogen (secondary N) is 2. The molecule has 0 bridgehead atoms. The van der Waals surface area contributed by atoms with Crippen molar-refractivity contribution in [1.82, 2.24) is 10.6 Å². The summed E-state index contributed by atoms with van der Waals surface area (Å²) in [5.41, 5.74) is 0. The second-order valence-electron chi connectivity index (χ2n) is 3.54. The lowest BCUT2D eigenvalue weighted by molar-refractivity contribution is -0.139. The lowest BCUT2D eigenvalue weighted by Crippen LogP contribution is -2.47. The number of rotatable bonds is 8. The maximum Gasteiger partial charge on any atom is 0.326 e. The van der Waals surface area contributed by atoms with Crippen LogP contribution < -0.4 is 10.6 Å². The van der Waals surface area contributed by atoms with Gasteiger partial charge in [-0.25, -0.2) is 18.0 Å². The number of aliphatic carboxylic acids is 1. The van der Waals surface area contributed by atoms with Crippen molar-refractivity contribution in [3.05, 3.63) is 0 Å². The first-order valence-corrected chi connectivity index (χ1v) is 7.23. The van der Waals surface area contributed by atoms with Gasteiger partial charge in [0.15, 0.2) is 9.84 Å². The molecule has 0 aliphatic heterocycles. The molecule has 106 valence electrons. The number of carbonyl (C=O) groups excluding carboxylic acids is 1. The van der Waals surface area contributed by atoms with Gasteiger partial charge in [-0.3, -0.25) is 0 Å². The van der Waals surface area contributed by atoms with E-state index in [1.54, 1.807) is 0 Å². The van der Waals surface area contributed by atoms with Crippen molar-refractivity contribution in [2.24, 2.45) is 0 Å². The van der Waals surface area contributed by atoms with Crippen LogP contribution in [0.5, 0.6) is 0 Å². The lowest BCUT2D eigenvalue weighted by Gasteiger charge is -2.13. The summed E-state index contributed by atoms with van der Waals surface area (Å²) >= 11 is 0. The molecule has 0 aliphatic carbocycles. The highest BCUT2D eigenvalue weighted by atomic mass is 32.2. The quantitative estimate of drug-likeness (QED) is 0.431. The van der Waals surface area contributed by atoms with E-state index in [-0.39, 0.29) is 31.1 Å². The molecule has 4 N–H and O–H groups in total. The molecule has 0 saturated heterocycles. The third-order valence-electron chi connectivity index (χ3n) is 2.16. The van der Waals surface area contributed by atoms with Gasteiger partial charge in [-0.2, -0.15) is 0 Å². The second-order valence-corrected chi connectivity index (χ2v) is 6.01. The van der Waals surface area contributed by atoms with E-state index in [1.165, 1.54) is 6.92 Å². The Hall–Kier alpha value is -1.35. The fourth-order valence-electron chi connectivity index (χ4n) is 1.06. The standard InChI is InChI=1S/C9H18N2O6S/c1-2-18(16,17)6-4-10-9(15)11-7(3-5-12)8(13)14/h7,12H,2-6H2,1H3,(H,13,14)(H2,10,11,15)/t7-/m0/s1. The first-order valence-electron chi connectivity index (χ1n) is 5.41. The van der Waals surface area contributed by atoms with E-state index in [2.05, 4.69) is 10.6 Å². The van der Waals surface area contributed by atoms with Crippen LogP contribution in [-0.4, -0.2) is 61.3 Å². The predicted octanol–water partition coefficient (Wildman–Crippen LogP) is -1.44. The molecular weight excluding hydrogens is 264 g/mol.